The molecule has 1 aromatic heterocycles. The molecule has 2 rings (SSSR count). The van der Waals surface area contributed by atoms with Gasteiger partial charge in [0.2, 0.25) is 0 Å². The quantitative estimate of drug-likeness (QED) is 0.789. The molecule has 0 aliphatic carbocycles. The van der Waals surface area contributed by atoms with Gasteiger partial charge in [0.1, 0.15) is 0 Å². The minimum Gasteiger partial charge on any atom is -0.397 e. The molecule has 0 spiro atoms. The summed E-state index contributed by atoms with van der Waals surface area (Å²) >= 11 is 0. The van der Waals surface area contributed by atoms with Crippen LogP contribution in [0.2, 0.25) is 0 Å². The number of aromatic nitrogens is 1. The molecule has 1 heterocycles. The molecule has 2 aromatic rings. The molecule has 88 valence electrons. The third-order valence-electron chi connectivity index (χ3n) is 2.75. The molecule has 0 fully saturated rings. The second-order valence-electron chi connectivity index (χ2n) is 4.03. The van der Waals surface area contributed by atoms with E-state index in [1.807, 2.05) is 49.5 Å². The number of nitrogen functional groups attached to an aromatic ring is 1. The highest BCUT2D eigenvalue weighted by atomic mass is 14.9. The first kappa shape index (κ1) is 11.5. The molecule has 3 N–H and O–H groups in total. The lowest BCUT2D eigenvalue weighted by molar-refractivity contribution is 0.962. The van der Waals surface area contributed by atoms with Gasteiger partial charge in [0.25, 0.3) is 0 Å². The van der Waals surface area contributed by atoms with Crippen molar-refractivity contribution in [3.63, 3.8) is 0 Å². The molecular weight excluding hydrogens is 210 g/mol. The molecule has 0 atom stereocenters. The number of nitrogens with zero attached hydrogens (tertiary/aromatic N) is 1. The van der Waals surface area contributed by atoms with Crippen molar-refractivity contribution >= 4 is 11.4 Å². The van der Waals surface area contributed by atoms with E-state index in [-0.39, 0.29) is 0 Å². The zero-order chi connectivity index (χ0) is 12.1. The van der Waals surface area contributed by atoms with Crippen LogP contribution in [0.1, 0.15) is 11.3 Å². The van der Waals surface area contributed by atoms with E-state index in [1.54, 1.807) is 0 Å². The third kappa shape index (κ3) is 2.97. The normalized spacial score (nSPS) is 10.2. The summed E-state index contributed by atoms with van der Waals surface area (Å²) in [6.45, 7) is 2.85. The summed E-state index contributed by atoms with van der Waals surface area (Å²) < 4.78 is 0. The fourth-order valence-corrected chi connectivity index (χ4v) is 1.71. The summed E-state index contributed by atoms with van der Waals surface area (Å²) in [5.74, 6) is 0. The topological polar surface area (TPSA) is 50.9 Å². The molecule has 0 amide bonds. The maximum Gasteiger partial charge on any atom is 0.0579 e. The number of aryl methyl sites for hydroxylation is 1. The van der Waals surface area contributed by atoms with Gasteiger partial charge in [-0.15, -0.1) is 0 Å². The highest BCUT2D eigenvalue weighted by Crippen LogP contribution is 2.21. The Balaban J connectivity index is 1.93. The molecule has 0 aliphatic heterocycles. The fraction of sp³-hybridized carbons (Fsp3) is 0.214. The monoisotopic (exact) mass is 227 g/mol. The van der Waals surface area contributed by atoms with Crippen LogP contribution in [0.25, 0.3) is 0 Å². The minimum atomic E-state index is 0.827. The van der Waals surface area contributed by atoms with E-state index in [9.17, 15) is 0 Å². The van der Waals surface area contributed by atoms with Gasteiger partial charge in [-0.05, 0) is 30.7 Å². The summed E-state index contributed by atoms with van der Waals surface area (Å²) in [5, 5.41) is 3.34. The average molecular weight is 227 g/mol. The van der Waals surface area contributed by atoms with Crippen molar-refractivity contribution in [1.29, 1.82) is 0 Å². The largest absolute Gasteiger partial charge is 0.397 e. The van der Waals surface area contributed by atoms with Gasteiger partial charge in [-0.25, -0.2) is 0 Å². The van der Waals surface area contributed by atoms with Gasteiger partial charge in [-0.1, -0.05) is 18.2 Å². The van der Waals surface area contributed by atoms with Crippen molar-refractivity contribution in [2.45, 2.75) is 13.3 Å². The van der Waals surface area contributed by atoms with Crippen LogP contribution in [0, 0.1) is 6.92 Å². The molecule has 0 saturated heterocycles. The lowest BCUT2D eigenvalue weighted by Gasteiger charge is -2.10. The van der Waals surface area contributed by atoms with Crippen molar-refractivity contribution < 1.29 is 0 Å². The molecule has 0 saturated carbocycles. The first-order chi connectivity index (χ1) is 8.27. The third-order valence-corrected chi connectivity index (χ3v) is 2.75. The van der Waals surface area contributed by atoms with Crippen LogP contribution < -0.4 is 11.1 Å². The Morgan fingerprint density at radius 1 is 1.18 bits per heavy atom. The SMILES string of the molecule is Cc1cccc(NCCc2ccccn2)c1N. The van der Waals surface area contributed by atoms with Gasteiger partial charge in [-0.2, -0.15) is 0 Å². The molecule has 0 radical (unpaired) electrons. The van der Waals surface area contributed by atoms with Crippen LogP contribution in [0.5, 0.6) is 0 Å². The Morgan fingerprint density at radius 3 is 2.82 bits per heavy atom. The average Bonchev–Trinajstić information content (AvgIpc) is 2.36. The Labute approximate surface area is 102 Å². The zero-order valence-electron chi connectivity index (χ0n) is 9.98. The van der Waals surface area contributed by atoms with Gasteiger partial charge in [0, 0.05) is 24.9 Å². The molecule has 3 nitrogen and oxygen atoms in total. The van der Waals surface area contributed by atoms with Crippen LogP contribution in [0.15, 0.2) is 42.6 Å². The van der Waals surface area contributed by atoms with Crippen LogP contribution in [0.4, 0.5) is 11.4 Å². The summed E-state index contributed by atoms with van der Waals surface area (Å²) in [6.07, 6.45) is 2.71. The number of hydrogen-bond donors (Lipinski definition) is 2. The van der Waals surface area contributed by atoms with Crippen molar-refractivity contribution in [2.75, 3.05) is 17.6 Å². The van der Waals surface area contributed by atoms with Gasteiger partial charge in [0.05, 0.1) is 11.4 Å². The molecule has 0 bridgehead atoms. The van der Waals surface area contributed by atoms with Crippen molar-refractivity contribution in [2.24, 2.45) is 0 Å². The summed E-state index contributed by atoms with van der Waals surface area (Å²) in [4.78, 5) is 4.28. The Kier molecular flexibility index (Phi) is 3.60. The first-order valence-corrected chi connectivity index (χ1v) is 5.76. The Morgan fingerprint density at radius 2 is 2.06 bits per heavy atom. The standard InChI is InChI=1S/C14H17N3/c1-11-5-4-7-13(14(11)15)17-10-8-12-6-2-3-9-16-12/h2-7,9,17H,8,10,15H2,1H3. The van der Waals surface area contributed by atoms with E-state index in [2.05, 4.69) is 10.3 Å². The van der Waals surface area contributed by atoms with Gasteiger partial charge < -0.3 is 11.1 Å². The predicted octanol–water partition coefficient (Wildman–Crippen LogP) is 2.63. The highest BCUT2D eigenvalue weighted by molar-refractivity contribution is 5.69. The van der Waals surface area contributed by atoms with E-state index in [1.165, 1.54) is 0 Å². The Bertz CT molecular complexity index is 480. The fourth-order valence-electron chi connectivity index (χ4n) is 1.71. The maximum absolute atomic E-state index is 5.98. The second kappa shape index (κ2) is 5.34. The van der Waals surface area contributed by atoms with Crippen molar-refractivity contribution in [3.8, 4) is 0 Å². The van der Waals surface area contributed by atoms with Gasteiger partial charge in [-0.3, -0.25) is 4.98 Å². The van der Waals surface area contributed by atoms with E-state index in [0.717, 1.165) is 35.6 Å². The van der Waals surface area contributed by atoms with Crippen LogP contribution in [-0.2, 0) is 6.42 Å². The van der Waals surface area contributed by atoms with Crippen LogP contribution >= 0.6 is 0 Å². The van der Waals surface area contributed by atoms with Crippen molar-refractivity contribution in [1.82, 2.24) is 4.98 Å². The molecule has 0 unspecified atom stereocenters. The lowest BCUT2D eigenvalue weighted by atomic mass is 10.1. The first-order valence-electron chi connectivity index (χ1n) is 5.76. The smallest absolute Gasteiger partial charge is 0.0579 e. The van der Waals surface area contributed by atoms with E-state index < -0.39 is 0 Å². The van der Waals surface area contributed by atoms with E-state index in [0.29, 0.717) is 0 Å². The number of nitrogens with one attached hydrogen (secondary N) is 1. The number of anilines is 2. The summed E-state index contributed by atoms with van der Waals surface area (Å²) in [5.41, 5.74) is 10.0. The predicted molar refractivity (Wildman–Crippen MR) is 72.0 cm³/mol. The van der Waals surface area contributed by atoms with Gasteiger partial charge >= 0.3 is 0 Å². The number of hydrogen-bond acceptors (Lipinski definition) is 3. The molecule has 3 heteroatoms. The number of pyridine rings is 1. The summed E-state index contributed by atoms with van der Waals surface area (Å²) in [7, 11) is 0. The number of nitrogens with two attached hydrogens (primary N) is 1. The zero-order valence-corrected chi connectivity index (χ0v) is 9.98. The number of rotatable bonds is 4. The second-order valence-corrected chi connectivity index (χ2v) is 4.03. The lowest BCUT2D eigenvalue weighted by Crippen LogP contribution is -2.08. The van der Waals surface area contributed by atoms with E-state index >= 15 is 0 Å². The Hall–Kier alpha value is -2.03. The molecule has 17 heavy (non-hydrogen) atoms. The molecule has 1 aromatic carbocycles. The number of benzene rings is 1. The summed E-state index contributed by atoms with van der Waals surface area (Å²) in [6, 6.07) is 12.0. The minimum absolute atomic E-state index is 0.827. The molecule has 0 aliphatic rings. The molecular formula is C14H17N3. The van der Waals surface area contributed by atoms with Crippen LogP contribution in [-0.4, -0.2) is 11.5 Å². The van der Waals surface area contributed by atoms with Gasteiger partial charge in [0.15, 0.2) is 0 Å². The highest BCUT2D eigenvalue weighted by Gasteiger charge is 2.00. The van der Waals surface area contributed by atoms with Crippen LogP contribution in [0.3, 0.4) is 0 Å². The van der Waals surface area contributed by atoms with Crippen molar-refractivity contribution in [3.05, 3.63) is 53.9 Å². The number of para-hydroxylation sites is 1. The maximum atomic E-state index is 5.98. The van der Waals surface area contributed by atoms with E-state index in [4.69, 9.17) is 5.73 Å².